The molecule has 3 aromatic carbocycles. The van der Waals surface area contributed by atoms with Gasteiger partial charge in [-0.3, -0.25) is 9.59 Å². The molecule has 2 N–H and O–H groups in total. The summed E-state index contributed by atoms with van der Waals surface area (Å²) in [6, 6.07) is 11.4. The summed E-state index contributed by atoms with van der Waals surface area (Å²) in [7, 11) is 1.28. The summed E-state index contributed by atoms with van der Waals surface area (Å²) >= 11 is 11.9. The molecule has 0 saturated heterocycles. The first-order valence-electron chi connectivity index (χ1n) is 9.27. The predicted molar refractivity (Wildman–Crippen MR) is 121 cm³/mol. The van der Waals surface area contributed by atoms with Crippen molar-refractivity contribution >= 4 is 46.4 Å². The van der Waals surface area contributed by atoms with E-state index in [0.29, 0.717) is 0 Å². The SMILES string of the molecule is COc1ccc(C(=O)Nc2c(F)cc(C#N)cc2Cl)cc1C(=O)Nc1c(F)cc(C#N)cc1Cl. The van der Waals surface area contributed by atoms with Crippen molar-refractivity contribution in [2.24, 2.45) is 0 Å². The molecule has 34 heavy (non-hydrogen) atoms. The minimum Gasteiger partial charge on any atom is -0.496 e. The number of nitriles is 2. The van der Waals surface area contributed by atoms with Crippen LogP contribution in [0, 0.1) is 34.3 Å². The van der Waals surface area contributed by atoms with Crippen LogP contribution in [0.3, 0.4) is 0 Å². The van der Waals surface area contributed by atoms with Crippen LogP contribution in [0.2, 0.25) is 10.0 Å². The first kappa shape index (κ1) is 24.5. The van der Waals surface area contributed by atoms with Gasteiger partial charge in [-0.2, -0.15) is 10.5 Å². The van der Waals surface area contributed by atoms with Gasteiger partial charge in [-0.1, -0.05) is 23.2 Å². The lowest BCUT2D eigenvalue weighted by atomic mass is 10.1. The van der Waals surface area contributed by atoms with Gasteiger partial charge in [0.2, 0.25) is 0 Å². The van der Waals surface area contributed by atoms with E-state index in [4.69, 9.17) is 38.5 Å². The topological polar surface area (TPSA) is 115 Å². The number of hydrogen-bond acceptors (Lipinski definition) is 5. The standard InChI is InChI=1S/C23H12Cl2F2N4O3/c1-34-19-3-2-13(22(32)30-20-15(24)4-11(9-28)6-17(20)26)8-14(19)23(33)31-21-16(25)5-12(10-29)7-18(21)27/h2-8H,1H3,(H,30,32)(H,31,33). The van der Waals surface area contributed by atoms with E-state index < -0.39 is 23.4 Å². The second-order valence-electron chi connectivity index (χ2n) is 6.68. The van der Waals surface area contributed by atoms with Gasteiger partial charge in [0, 0.05) is 5.56 Å². The molecule has 2 amide bonds. The van der Waals surface area contributed by atoms with E-state index in [1.807, 2.05) is 0 Å². The Bertz CT molecular complexity index is 1370. The van der Waals surface area contributed by atoms with Crippen molar-refractivity contribution in [3.05, 3.63) is 86.4 Å². The number of ether oxygens (including phenoxy) is 1. The van der Waals surface area contributed by atoms with Crippen molar-refractivity contribution in [1.82, 2.24) is 0 Å². The normalized spacial score (nSPS) is 10.1. The minimum atomic E-state index is -0.934. The molecule has 0 heterocycles. The van der Waals surface area contributed by atoms with Crippen LogP contribution < -0.4 is 15.4 Å². The van der Waals surface area contributed by atoms with E-state index in [1.165, 1.54) is 31.4 Å². The third-order valence-corrected chi connectivity index (χ3v) is 5.12. The van der Waals surface area contributed by atoms with Crippen LogP contribution in [-0.2, 0) is 0 Å². The predicted octanol–water partition coefficient (Wildman–Crippen LogP) is 5.53. The number of amides is 2. The quantitative estimate of drug-likeness (QED) is 0.477. The third-order valence-electron chi connectivity index (χ3n) is 4.53. The fourth-order valence-corrected chi connectivity index (χ4v) is 3.42. The van der Waals surface area contributed by atoms with E-state index in [1.54, 1.807) is 12.1 Å². The van der Waals surface area contributed by atoms with Crippen molar-refractivity contribution in [3.8, 4) is 17.9 Å². The fraction of sp³-hybridized carbons (Fsp3) is 0.0435. The van der Waals surface area contributed by atoms with E-state index in [9.17, 15) is 18.4 Å². The summed E-state index contributed by atoms with van der Waals surface area (Å²) < 4.78 is 33.7. The van der Waals surface area contributed by atoms with Crippen molar-refractivity contribution in [2.45, 2.75) is 0 Å². The number of hydrogen-bond donors (Lipinski definition) is 2. The molecular weight excluding hydrogens is 489 g/mol. The average Bonchev–Trinajstić information content (AvgIpc) is 2.82. The van der Waals surface area contributed by atoms with Gasteiger partial charge in [0.1, 0.15) is 17.4 Å². The molecule has 170 valence electrons. The van der Waals surface area contributed by atoms with Crippen LogP contribution in [0.15, 0.2) is 42.5 Å². The van der Waals surface area contributed by atoms with E-state index in [0.717, 1.165) is 18.2 Å². The molecule has 0 aliphatic rings. The van der Waals surface area contributed by atoms with Gasteiger partial charge < -0.3 is 15.4 Å². The van der Waals surface area contributed by atoms with Gasteiger partial charge in [0.05, 0.1) is 57.4 Å². The van der Waals surface area contributed by atoms with Crippen LogP contribution in [0.4, 0.5) is 20.2 Å². The lowest BCUT2D eigenvalue weighted by Crippen LogP contribution is -2.18. The Morgan fingerprint density at radius 1 is 0.853 bits per heavy atom. The molecule has 0 bridgehead atoms. The summed E-state index contributed by atoms with van der Waals surface area (Å²) in [5.74, 6) is -3.47. The maximum Gasteiger partial charge on any atom is 0.259 e. The molecule has 3 aromatic rings. The minimum absolute atomic E-state index is 0.0300. The molecular formula is C23H12Cl2F2N4O3. The molecule has 11 heteroatoms. The van der Waals surface area contributed by atoms with Gasteiger partial charge in [-0.15, -0.1) is 0 Å². The van der Waals surface area contributed by atoms with Crippen LogP contribution >= 0.6 is 23.2 Å². The Morgan fingerprint density at radius 3 is 1.79 bits per heavy atom. The molecule has 0 aromatic heterocycles. The van der Waals surface area contributed by atoms with Crippen LogP contribution in [-0.4, -0.2) is 18.9 Å². The molecule has 0 radical (unpaired) electrons. The molecule has 0 saturated carbocycles. The highest BCUT2D eigenvalue weighted by atomic mass is 35.5. The number of benzene rings is 3. The monoisotopic (exact) mass is 500 g/mol. The molecule has 0 aliphatic carbocycles. The largest absolute Gasteiger partial charge is 0.496 e. The van der Waals surface area contributed by atoms with Gasteiger partial charge in [0.15, 0.2) is 0 Å². The van der Waals surface area contributed by atoms with E-state index in [2.05, 4.69) is 10.6 Å². The smallest absolute Gasteiger partial charge is 0.259 e. The van der Waals surface area contributed by atoms with Crippen LogP contribution in [0.5, 0.6) is 5.75 Å². The van der Waals surface area contributed by atoms with E-state index in [-0.39, 0.29) is 49.4 Å². The molecule has 0 aliphatic heterocycles. The van der Waals surface area contributed by atoms with Gasteiger partial charge in [-0.25, -0.2) is 8.78 Å². The number of nitrogens with one attached hydrogen (secondary N) is 2. The maximum absolute atomic E-state index is 14.3. The Labute approximate surface area is 202 Å². The summed E-state index contributed by atoms with van der Waals surface area (Å²) in [5.41, 5.74) is -1.01. The lowest BCUT2D eigenvalue weighted by molar-refractivity contribution is 0.102. The second-order valence-corrected chi connectivity index (χ2v) is 7.49. The number of rotatable bonds is 5. The zero-order valence-electron chi connectivity index (χ0n) is 17.2. The van der Waals surface area contributed by atoms with Crippen LogP contribution in [0.1, 0.15) is 31.8 Å². The number of methoxy groups -OCH3 is 1. The summed E-state index contributed by atoms with van der Waals surface area (Å²) in [6.45, 7) is 0. The van der Waals surface area contributed by atoms with Gasteiger partial charge in [0.25, 0.3) is 11.8 Å². The Kier molecular flexibility index (Phi) is 7.32. The highest BCUT2D eigenvalue weighted by Crippen LogP contribution is 2.30. The molecule has 3 rings (SSSR count). The van der Waals surface area contributed by atoms with Gasteiger partial charge in [-0.05, 0) is 42.5 Å². The number of carbonyl (C=O) groups is 2. The van der Waals surface area contributed by atoms with Crippen molar-refractivity contribution in [3.63, 3.8) is 0 Å². The fourth-order valence-electron chi connectivity index (χ4n) is 2.91. The Hall–Kier alpha value is -4.18. The zero-order chi connectivity index (χ0) is 25.0. The molecule has 0 fully saturated rings. The number of carbonyl (C=O) groups excluding carboxylic acids is 2. The summed E-state index contributed by atoms with van der Waals surface area (Å²) in [5, 5.41) is 22.0. The molecule has 0 unspecified atom stereocenters. The van der Waals surface area contributed by atoms with Crippen LogP contribution in [0.25, 0.3) is 0 Å². The number of halogens is 4. The van der Waals surface area contributed by atoms with E-state index >= 15 is 0 Å². The second kappa shape index (κ2) is 10.2. The lowest BCUT2D eigenvalue weighted by Gasteiger charge is -2.13. The van der Waals surface area contributed by atoms with Crippen molar-refractivity contribution in [1.29, 1.82) is 10.5 Å². The highest BCUT2D eigenvalue weighted by Gasteiger charge is 2.21. The van der Waals surface area contributed by atoms with Gasteiger partial charge >= 0.3 is 0 Å². The van der Waals surface area contributed by atoms with Crippen molar-refractivity contribution < 1.29 is 23.1 Å². The average molecular weight is 501 g/mol. The first-order chi connectivity index (χ1) is 16.2. The first-order valence-corrected chi connectivity index (χ1v) is 10.0. The Balaban J connectivity index is 1.92. The molecule has 7 nitrogen and oxygen atoms in total. The van der Waals surface area contributed by atoms with Crippen molar-refractivity contribution in [2.75, 3.05) is 17.7 Å². The summed E-state index contributed by atoms with van der Waals surface area (Å²) in [4.78, 5) is 25.5. The third kappa shape index (κ3) is 5.07. The molecule has 0 spiro atoms. The highest BCUT2D eigenvalue weighted by molar-refractivity contribution is 6.34. The zero-order valence-corrected chi connectivity index (χ0v) is 18.7. The Morgan fingerprint density at radius 2 is 1.35 bits per heavy atom. The maximum atomic E-state index is 14.3. The summed E-state index contributed by atoms with van der Waals surface area (Å²) in [6.07, 6.45) is 0. The number of anilines is 2. The molecule has 0 atom stereocenters. The number of nitrogens with zero attached hydrogens (tertiary/aromatic N) is 2.